The standard InChI is InChI=1S/C12H10F2O3S/c13-10-3-1-9(2-4-10)12-6-5-11(17-12)7-8-18(14,15)16/h1-6H,7-8H2. The van der Waals surface area contributed by atoms with Crippen LogP contribution in [-0.2, 0) is 16.6 Å². The molecule has 0 saturated carbocycles. The first-order valence-corrected chi connectivity index (χ1v) is 6.76. The highest BCUT2D eigenvalue weighted by molar-refractivity contribution is 7.86. The summed E-state index contributed by atoms with van der Waals surface area (Å²) in [4.78, 5) is 0. The van der Waals surface area contributed by atoms with Crippen molar-refractivity contribution in [3.05, 3.63) is 48.0 Å². The third kappa shape index (κ3) is 3.40. The number of aryl methyl sites for hydroxylation is 1. The molecular weight excluding hydrogens is 262 g/mol. The molecule has 0 radical (unpaired) electrons. The molecule has 0 atom stereocenters. The zero-order chi connectivity index (χ0) is 13.2. The van der Waals surface area contributed by atoms with E-state index in [0.717, 1.165) is 0 Å². The van der Waals surface area contributed by atoms with Gasteiger partial charge >= 0.3 is 10.2 Å². The smallest absolute Gasteiger partial charge is 0.302 e. The molecule has 96 valence electrons. The number of hydrogen-bond donors (Lipinski definition) is 0. The van der Waals surface area contributed by atoms with Gasteiger partial charge in [0.15, 0.2) is 0 Å². The third-order valence-electron chi connectivity index (χ3n) is 2.38. The van der Waals surface area contributed by atoms with E-state index in [-0.39, 0.29) is 12.2 Å². The van der Waals surface area contributed by atoms with Crippen molar-refractivity contribution in [2.24, 2.45) is 0 Å². The largest absolute Gasteiger partial charge is 0.461 e. The van der Waals surface area contributed by atoms with Crippen LogP contribution in [0.3, 0.4) is 0 Å². The zero-order valence-electron chi connectivity index (χ0n) is 9.27. The summed E-state index contributed by atoms with van der Waals surface area (Å²) in [5.74, 6) is -0.102. The molecule has 0 aliphatic rings. The van der Waals surface area contributed by atoms with Crippen LogP contribution in [0.15, 0.2) is 40.8 Å². The summed E-state index contributed by atoms with van der Waals surface area (Å²) < 4.78 is 51.1. The molecule has 2 aromatic rings. The van der Waals surface area contributed by atoms with Crippen molar-refractivity contribution in [1.29, 1.82) is 0 Å². The summed E-state index contributed by atoms with van der Waals surface area (Å²) in [6.45, 7) is 0. The van der Waals surface area contributed by atoms with Gasteiger partial charge in [0.1, 0.15) is 17.3 Å². The molecule has 0 spiro atoms. The number of benzene rings is 1. The molecule has 0 bridgehead atoms. The topological polar surface area (TPSA) is 47.3 Å². The highest BCUT2D eigenvalue weighted by atomic mass is 32.3. The molecule has 0 unspecified atom stereocenters. The lowest BCUT2D eigenvalue weighted by Crippen LogP contribution is -2.00. The minimum Gasteiger partial charge on any atom is -0.461 e. The Hall–Kier alpha value is -1.69. The highest BCUT2D eigenvalue weighted by Gasteiger charge is 2.10. The first-order chi connectivity index (χ1) is 8.44. The van der Waals surface area contributed by atoms with E-state index in [1.165, 1.54) is 12.1 Å². The average molecular weight is 272 g/mol. The summed E-state index contributed by atoms with van der Waals surface area (Å²) in [7, 11) is -4.49. The van der Waals surface area contributed by atoms with Gasteiger partial charge in [0.2, 0.25) is 0 Å². The Kier molecular flexibility index (Phi) is 3.47. The molecule has 3 nitrogen and oxygen atoms in total. The maximum Gasteiger partial charge on any atom is 0.302 e. The Balaban J connectivity index is 2.13. The average Bonchev–Trinajstić information content (AvgIpc) is 2.75. The highest BCUT2D eigenvalue weighted by Crippen LogP contribution is 2.22. The van der Waals surface area contributed by atoms with E-state index in [4.69, 9.17) is 4.42 Å². The Labute approximate surface area is 103 Å². The van der Waals surface area contributed by atoms with E-state index in [9.17, 15) is 16.7 Å². The quantitative estimate of drug-likeness (QED) is 0.804. The molecule has 0 aliphatic carbocycles. The molecule has 0 aliphatic heterocycles. The first-order valence-electron chi connectivity index (χ1n) is 5.21. The van der Waals surface area contributed by atoms with Gasteiger partial charge in [-0.1, -0.05) is 0 Å². The van der Waals surface area contributed by atoms with Gasteiger partial charge in [0, 0.05) is 12.0 Å². The number of furan rings is 1. The molecule has 1 heterocycles. The molecule has 6 heteroatoms. The number of halogens is 2. The van der Waals surface area contributed by atoms with Crippen molar-refractivity contribution in [3.8, 4) is 11.3 Å². The van der Waals surface area contributed by atoms with Crippen molar-refractivity contribution in [1.82, 2.24) is 0 Å². The van der Waals surface area contributed by atoms with Gasteiger partial charge in [-0.05, 0) is 36.4 Å². The van der Waals surface area contributed by atoms with Crippen LogP contribution in [0.5, 0.6) is 0 Å². The Morgan fingerprint density at radius 2 is 1.72 bits per heavy atom. The number of hydrogen-bond acceptors (Lipinski definition) is 3. The molecule has 18 heavy (non-hydrogen) atoms. The SMILES string of the molecule is O=S(=O)(F)CCc1ccc(-c2ccc(F)cc2)o1. The monoisotopic (exact) mass is 272 g/mol. The van der Waals surface area contributed by atoms with Crippen molar-refractivity contribution in [2.75, 3.05) is 5.75 Å². The molecule has 0 N–H and O–H groups in total. The summed E-state index contributed by atoms with van der Waals surface area (Å²) in [6, 6.07) is 8.89. The molecule has 1 aromatic carbocycles. The Morgan fingerprint density at radius 1 is 1.06 bits per heavy atom. The van der Waals surface area contributed by atoms with E-state index in [0.29, 0.717) is 17.1 Å². The molecule has 2 rings (SSSR count). The summed E-state index contributed by atoms with van der Waals surface area (Å²) in [5, 5.41) is 0. The third-order valence-corrected chi connectivity index (χ3v) is 3.07. The summed E-state index contributed by atoms with van der Waals surface area (Å²) >= 11 is 0. The van der Waals surface area contributed by atoms with Crippen LogP contribution in [0.25, 0.3) is 11.3 Å². The van der Waals surface area contributed by atoms with E-state index >= 15 is 0 Å². The van der Waals surface area contributed by atoms with Gasteiger partial charge in [0.05, 0.1) is 5.75 Å². The number of rotatable bonds is 4. The van der Waals surface area contributed by atoms with Crippen LogP contribution in [0, 0.1) is 5.82 Å². The van der Waals surface area contributed by atoms with Crippen molar-refractivity contribution in [2.45, 2.75) is 6.42 Å². The fraction of sp³-hybridized carbons (Fsp3) is 0.167. The minimum absolute atomic E-state index is 0.0277. The Morgan fingerprint density at radius 3 is 2.33 bits per heavy atom. The van der Waals surface area contributed by atoms with E-state index in [1.54, 1.807) is 24.3 Å². The lowest BCUT2D eigenvalue weighted by atomic mass is 10.2. The van der Waals surface area contributed by atoms with Gasteiger partial charge in [-0.3, -0.25) is 0 Å². The molecule has 1 aromatic heterocycles. The Bertz CT molecular complexity index is 630. The van der Waals surface area contributed by atoms with Gasteiger partial charge in [-0.25, -0.2) is 4.39 Å². The first kappa shape index (κ1) is 12.8. The predicted octanol–water partition coefficient (Wildman–Crippen LogP) is 2.93. The van der Waals surface area contributed by atoms with Gasteiger partial charge in [0.25, 0.3) is 0 Å². The predicted molar refractivity (Wildman–Crippen MR) is 62.7 cm³/mol. The van der Waals surface area contributed by atoms with Gasteiger partial charge < -0.3 is 4.42 Å². The molecule has 0 fully saturated rings. The van der Waals surface area contributed by atoms with E-state index in [1.807, 2.05) is 0 Å². The second kappa shape index (κ2) is 4.89. The lowest BCUT2D eigenvalue weighted by molar-refractivity contribution is 0.518. The normalized spacial score (nSPS) is 11.7. The molecule has 0 amide bonds. The van der Waals surface area contributed by atoms with Crippen LogP contribution >= 0.6 is 0 Å². The van der Waals surface area contributed by atoms with Crippen molar-refractivity contribution in [3.63, 3.8) is 0 Å². The fourth-order valence-corrected chi connectivity index (χ4v) is 1.95. The minimum atomic E-state index is -4.49. The second-order valence-corrected chi connectivity index (χ2v) is 5.25. The van der Waals surface area contributed by atoms with Gasteiger partial charge in [-0.15, -0.1) is 3.89 Å². The second-order valence-electron chi connectivity index (χ2n) is 3.77. The van der Waals surface area contributed by atoms with Crippen LogP contribution in [0.1, 0.15) is 5.76 Å². The lowest BCUT2D eigenvalue weighted by Gasteiger charge is -1.97. The van der Waals surface area contributed by atoms with Crippen LogP contribution in [0.4, 0.5) is 8.28 Å². The molecule has 0 saturated heterocycles. The van der Waals surface area contributed by atoms with Crippen molar-refractivity contribution < 1.29 is 21.1 Å². The summed E-state index contributed by atoms with van der Waals surface area (Å²) in [5.41, 5.74) is 0.672. The van der Waals surface area contributed by atoms with Crippen molar-refractivity contribution >= 4 is 10.2 Å². The van der Waals surface area contributed by atoms with Gasteiger partial charge in [-0.2, -0.15) is 8.42 Å². The zero-order valence-corrected chi connectivity index (χ0v) is 10.1. The maximum atomic E-state index is 12.7. The van der Waals surface area contributed by atoms with E-state index < -0.39 is 16.0 Å². The fourth-order valence-electron chi connectivity index (χ4n) is 1.50. The van der Waals surface area contributed by atoms with Crippen LogP contribution < -0.4 is 0 Å². The van der Waals surface area contributed by atoms with Crippen LogP contribution in [0.2, 0.25) is 0 Å². The van der Waals surface area contributed by atoms with E-state index in [2.05, 4.69) is 0 Å². The molecular formula is C12H10F2O3S. The van der Waals surface area contributed by atoms with Crippen LogP contribution in [-0.4, -0.2) is 14.2 Å². The maximum absolute atomic E-state index is 12.7. The summed E-state index contributed by atoms with van der Waals surface area (Å²) in [6.07, 6.45) is -0.0277.